The fourth-order valence-electron chi connectivity index (χ4n) is 2.70. The third kappa shape index (κ3) is 3.35. The molecule has 0 heterocycles. The van der Waals surface area contributed by atoms with Gasteiger partial charge in [0.1, 0.15) is 5.82 Å². The molecule has 0 radical (unpaired) electrons. The Bertz CT molecular complexity index is 845. The van der Waals surface area contributed by atoms with Gasteiger partial charge >= 0.3 is 0 Å². The van der Waals surface area contributed by atoms with Gasteiger partial charge in [0.25, 0.3) is 5.91 Å². The summed E-state index contributed by atoms with van der Waals surface area (Å²) in [6.45, 7) is 0.231. The first-order chi connectivity index (χ1) is 11.7. The van der Waals surface area contributed by atoms with Gasteiger partial charge in [0.15, 0.2) is 0 Å². The number of nitrogens with zero attached hydrogens (tertiary/aromatic N) is 1. The van der Waals surface area contributed by atoms with Gasteiger partial charge in [-0.3, -0.25) is 4.79 Å². The van der Waals surface area contributed by atoms with E-state index in [1.54, 1.807) is 30.1 Å². The molecule has 0 aliphatic rings. The molecule has 0 aromatic heterocycles. The lowest BCUT2D eigenvalue weighted by atomic mass is 9.99. The summed E-state index contributed by atoms with van der Waals surface area (Å²) >= 11 is 0. The standard InChI is InChI=1S/C21H18FNO/c1-23(15-17-11-5-8-14-20(17)22)21(24)19-13-7-6-12-18(19)16-9-3-2-4-10-16/h2-14H,15H2,1H3. The fraction of sp³-hybridized carbons (Fsp3) is 0.0952. The molecule has 0 saturated heterocycles. The third-order valence-electron chi connectivity index (χ3n) is 3.95. The lowest BCUT2D eigenvalue weighted by Crippen LogP contribution is -2.27. The van der Waals surface area contributed by atoms with Gasteiger partial charge in [0, 0.05) is 24.7 Å². The molecule has 0 aliphatic heterocycles. The van der Waals surface area contributed by atoms with Crippen LogP contribution in [0.5, 0.6) is 0 Å². The van der Waals surface area contributed by atoms with E-state index in [4.69, 9.17) is 0 Å². The van der Waals surface area contributed by atoms with Gasteiger partial charge < -0.3 is 4.90 Å². The molecule has 3 aromatic rings. The fourth-order valence-corrected chi connectivity index (χ4v) is 2.70. The second-order valence-corrected chi connectivity index (χ2v) is 5.66. The summed E-state index contributed by atoms with van der Waals surface area (Å²) in [5, 5.41) is 0. The van der Waals surface area contributed by atoms with Crippen LogP contribution in [-0.4, -0.2) is 17.9 Å². The van der Waals surface area contributed by atoms with Crippen molar-refractivity contribution >= 4 is 5.91 Å². The number of benzene rings is 3. The highest BCUT2D eigenvalue weighted by molar-refractivity contribution is 6.00. The second kappa shape index (κ2) is 7.09. The maximum absolute atomic E-state index is 13.8. The van der Waals surface area contributed by atoms with Crippen LogP contribution in [0.1, 0.15) is 15.9 Å². The maximum atomic E-state index is 13.8. The van der Waals surface area contributed by atoms with E-state index in [9.17, 15) is 9.18 Å². The Morgan fingerprint density at radius 3 is 2.25 bits per heavy atom. The molecule has 1 amide bonds. The molecule has 24 heavy (non-hydrogen) atoms. The molecular formula is C21H18FNO. The summed E-state index contributed by atoms with van der Waals surface area (Å²) in [4.78, 5) is 14.4. The van der Waals surface area contributed by atoms with Crippen molar-refractivity contribution in [2.75, 3.05) is 7.05 Å². The molecule has 3 aromatic carbocycles. The second-order valence-electron chi connectivity index (χ2n) is 5.66. The SMILES string of the molecule is CN(Cc1ccccc1F)C(=O)c1ccccc1-c1ccccc1. The van der Waals surface area contributed by atoms with Crippen LogP contribution in [0.3, 0.4) is 0 Å². The highest BCUT2D eigenvalue weighted by atomic mass is 19.1. The Morgan fingerprint density at radius 2 is 1.50 bits per heavy atom. The lowest BCUT2D eigenvalue weighted by molar-refractivity contribution is 0.0784. The third-order valence-corrected chi connectivity index (χ3v) is 3.95. The smallest absolute Gasteiger partial charge is 0.254 e. The molecule has 0 bridgehead atoms. The Balaban J connectivity index is 1.89. The quantitative estimate of drug-likeness (QED) is 0.678. The summed E-state index contributed by atoms with van der Waals surface area (Å²) in [5.74, 6) is -0.425. The van der Waals surface area contributed by atoms with Crippen molar-refractivity contribution in [3.05, 3.63) is 95.8 Å². The number of amides is 1. The molecule has 0 saturated carbocycles. The number of rotatable bonds is 4. The number of hydrogen-bond donors (Lipinski definition) is 0. The van der Waals surface area contributed by atoms with Gasteiger partial charge in [-0.05, 0) is 23.3 Å². The zero-order valence-electron chi connectivity index (χ0n) is 13.4. The number of halogens is 1. The van der Waals surface area contributed by atoms with Crippen LogP contribution in [0.15, 0.2) is 78.9 Å². The molecule has 0 spiro atoms. The van der Waals surface area contributed by atoms with Crippen molar-refractivity contribution in [1.29, 1.82) is 0 Å². The monoisotopic (exact) mass is 319 g/mol. The topological polar surface area (TPSA) is 20.3 Å². The number of hydrogen-bond acceptors (Lipinski definition) is 1. The minimum Gasteiger partial charge on any atom is -0.337 e. The largest absolute Gasteiger partial charge is 0.337 e. The van der Waals surface area contributed by atoms with Crippen LogP contribution in [0.25, 0.3) is 11.1 Å². The van der Waals surface area contributed by atoms with Crippen LogP contribution in [0.2, 0.25) is 0 Å². The Kier molecular flexibility index (Phi) is 4.71. The Morgan fingerprint density at radius 1 is 0.875 bits per heavy atom. The van der Waals surface area contributed by atoms with Crippen LogP contribution in [0.4, 0.5) is 4.39 Å². The van der Waals surface area contributed by atoms with Crippen LogP contribution in [0, 0.1) is 5.82 Å². The van der Waals surface area contributed by atoms with E-state index in [1.807, 2.05) is 54.6 Å². The average molecular weight is 319 g/mol. The first kappa shape index (κ1) is 15.9. The van der Waals surface area contributed by atoms with Crippen molar-refractivity contribution in [3.63, 3.8) is 0 Å². The van der Waals surface area contributed by atoms with Gasteiger partial charge in [-0.2, -0.15) is 0 Å². The van der Waals surface area contributed by atoms with Crippen LogP contribution in [-0.2, 0) is 6.54 Å². The molecule has 3 rings (SSSR count). The first-order valence-electron chi connectivity index (χ1n) is 7.80. The molecule has 0 N–H and O–H groups in total. The van der Waals surface area contributed by atoms with Crippen molar-refractivity contribution in [3.8, 4) is 11.1 Å². The van der Waals surface area contributed by atoms with Crippen LogP contribution < -0.4 is 0 Å². The van der Waals surface area contributed by atoms with Crippen molar-refractivity contribution < 1.29 is 9.18 Å². The van der Waals surface area contributed by atoms with Gasteiger partial charge in [-0.15, -0.1) is 0 Å². The van der Waals surface area contributed by atoms with Gasteiger partial charge in [-0.1, -0.05) is 66.7 Å². The maximum Gasteiger partial charge on any atom is 0.254 e. The number of carbonyl (C=O) groups excluding carboxylic acids is 1. The van der Waals surface area contributed by atoms with E-state index in [0.717, 1.165) is 11.1 Å². The van der Waals surface area contributed by atoms with Crippen LogP contribution >= 0.6 is 0 Å². The lowest BCUT2D eigenvalue weighted by Gasteiger charge is -2.19. The minimum atomic E-state index is -0.298. The normalized spacial score (nSPS) is 10.4. The highest BCUT2D eigenvalue weighted by Gasteiger charge is 2.17. The van der Waals surface area contributed by atoms with E-state index < -0.39 is 0 Å². The van der Waals surface area contributed by atoms with E-state index in [2.05, 4.69) is 0 Å². The molecule has 120 valence electrons. The Hall–Kier alpha value is -2.94. The zero-order valence-corrected chi connectivity index (χ0v) is 13.4. The molecule has 0 fully saturated rings. The molecule has 0 aliphatic carbocycles. The first-order valence-corrected chi connectivity index (χ1v) is 7.80. The Labute approximate surface area is 141 Å². The minimum absolute atomic E-state index is 0.127. The summed E-state index contributed by atoms with van der Waals surface area (Å²) in [6.07, 6.45) is 0. The molecule has 3 heteroatoms. The summed E-state index contributed by atoms with van der Waals surface area (Å²) in [7, 11) is 1.69. The zero-order chi connectivity index (χ0) is 16.9. The molecule has 0 atom stereocenters. The predicted octanol–water partition coefficient (Wildman–Crippen LogP) is 4.76. The number of carbonyl (C=O) groups is 1. The molecule has 2 nitrogen and oxygen atoms in total. The summed E-state index contributed by atoms with van der Waals surface area (Å²) in [5.41, 5.74) is 2.98. The van der Waals surface area contributed by atoms with Crippen molar-refractivity contribution in [1.82, 2.24) is 4.90 Å². The van der Waals surface area contributed by atoms with Crippen molar-refractivity contribution in [2.24, 2.45) is 0 Å². The van der Waals surface area contributed by atoms with E-state index in [-0.39, 0.29) is 18.3 Å². The molecular weight excluding hydrogens is 301 g/mol. The summed E-state index contributed by atoms with van der Waals surface area (Å²) in [6, 6.07) is 23.8. The van der Waals surface area contributed by atoms with Gasteiger partial charge in [-0.25, -0.2) is 4.39 Å². The van der Waals surface area contributed by atoms with Crippen molar-refractivity contribution in [2.45, 2.75) is 6.54 Å². The molecule has 0 unspecified atom stereocenters. The van der Waals surface area contributed by atoms with Gasteiger partial charge in [0.05, 0.1) is 0 Å². The predicted molar refractivity (Wildman–Crippen MR) is 94.1 cm³/mol. The van der Waals surface area contributed by atoms with Gasteiger partial charge in [0.2, 0.25) is 0 Å². The average Bonchev–Trinajstić information content (AvgIpc) is 2.63. The van der Waals surface area contributed by atoms with E-state index >= 15 is 0 Å². The van der Waals surface area contributed by atoms with E-state index in [1.165, 1.54) is 6.07 Å². The van der Waals surface area contributed by atoms with E-state index in [0.29, 0.717) is 11.1 Å². The summed E-state index contributed by atoms with van der Waals surface area (Å²) < 4.78 is 13.8. The highest BCUT2D eigenvalue weighted by Crippen LogP contribution is 2.24.